The Balaban J connectivity index is 1.84. The minimum absolute atomic E-state index is 0.466. The summed E-state index contributed by atoms with van der Waals surface area (Å²) in [6, 6.07) is 15.9. The molecule has 0 radical (unpaired) electrons. The number of nitrogens with zero attached hydrogens (tertiary/aromatic N) is 2. The number of pyridine rings is 2. The smallest absolute Gasteiger partial charge is 0.0853 e. The van der Waals surface area contributed by atoms with Crippen molar-refractivity contribution in [2.24, 2.45) is 11.5 Å². The van der Waals surface area contributed by atoms with Crippen LogP contribution in [-0.2, 0) is 0 Å². The summed E-state index contributed by atoms with van der Waals surface area (Å²) in [5.41, 5.74) is 17.8. The van der Waals surface area contributed by atoms with Gasteiger partial charge < -0.3 is 11.5 Å². The molecule has 1 aromatic carbocycles. The second kappa shape index (κ2) is 6.38. The van der Waals surface area contributed by atoms with Crippen molar-refractivity contribution < 1.29 is 0 Å². The van der Waals surface area contributed by atoms with Crippen molar-refractivity contribution in [3.05, 3.63) is 85.5 Å². The summed E-state index contributed by atoms with van der Waals surface area (Å²) >= 11 is 0. The van der Waals surface area contributed by atoms with Crippen molar-refractivity contribution in [1.29, 1.82) is 0 Å². The molecule has 0 bridgehead atoms. The Bertz CT molecular complexity index is 800. The molecule has 4 nitrogen and oxygen atoms in total. The number of hydrogen-bond donors (Lipinski definition) is 2. The van der Waals surface area contributed by atoms with Gasteiger partial charge in [0.25, 0.3) is 0 Å². The van der Waals surface area contributed by atoms with E-state index in [0.29, 0.717) is 22.8 Å². The number of benzene rings is 1. The molecule has 0 fully saturated rings. The maximum absolute atomic E-state index is 5.64. The number of hydrogen-bond acceptors (Lipinski definition) is 4. The van der Waals surface area contributed by atoms with Gasteiger partial charge in [0, 0.05) is 23.5 Å². The normalized spacial score (nSPS) is 10.3. The molecule has 2 aromatic heterocycles. The fourth-order valence-corrected chi connectivity index (χ4v) is 2.36. The van der Waals surface area contributed by atoms with Crippen LogP contribution in [0.5, 0.6) is 0 Å². The third-order valence-corrected chi connectivity index (χ3v) is 3.74. The first-order valence-corrected chi connectivity index (χ1v) is 7.47. The fourth-order valence-electron chi connectivity index (χ4n) is 2.36. The fraction of sp³-hybridized carbons (Fsp3) is 0. The van der Waals surface area contributed by atoms with E-state index in [1.165, 1.54) is 0 Å². The largest absolute Gasteiger partial charge is 0.397 e. The van der Waals surface area contributed by atoms with E-state index in [2.05, 4.69) is 47.4 Å². The lowest BCUT2D eigenvalue weighted by Gasteiger charge is -2.06. The highest BCUT2D eigenvalue weighted by Crippen LogP contribution is 2.25. The van der Waals surface area contributed by atoms with Gasteiger partial charge in [-0.3, -0.25) is 9.97 Å². The molecule has 3 aromatic rings. The summed E-state index contributed by atoms with van der Waals surface area (Å²) in [6.45, 7) is 7.37. The van der Waals surface area contributed by atoms with Crippen molar-refractivity contribution in [2.75, 3.05) is 0 Å². The van der Waals surface area contributed by atoms with E-state index < -0.39 is 0 Å². The number of aromatic nitrogens is 2. The van der Waals surface area contributed by atoms with E-state index >= 15 is 0 Å². The molecule has 3 rings (SSSR count). The van der Waals surface area contributed by atoms with E-state index in [-0.39, 0.29) is 0 Å². The maximum atomic E-state index is 5.64. The first-order valence-electron chi connectivity index (χ1n) is 7.47. The van der Waals surface area contributed by atoms with Crippen LogP contribution < -0.4 is 11.5 Å². The predicted molar refractivity (Wildman–Crippen MR) is 99.3 cm³/mol. The van der Waals surface area contributed by atoms with Gasteiger partial charge in [0.15, 0.2) is 0 Å². The van der Waals surface area contributed by atoms with Crippen LogP contribution in [0.3, 0.4) is 0 Å². The summed E-state index contributed by atoms with van der Waals surface area (Å²) in [5.74, 6) is 0. The van der Waals surface area contributed by atoms with E-state index in [4.69, 9.17) is 11.5 Å². The second-order valence-electron chi connectivity index (χ2n) is 5.49. The van der Waals surface area contributed by atoms with E-state index in [1.807, 2.05) is 24.3 Å². The lowest BCUT2D eigenvalue weighted by molar-refractivity contribution is 1.26. The van der Waals surface area contributed by atoms with Crippen molar-refractivity contribution >= 4 is 11.4 Å². The zero-order valence-electron chi connectivity index (χ0n) is 13.2. The molecule has 0 atom stereocenters. The molecule has 4 N–H and O–H groups in total. The average Bonchev–Trinajstić information content (AvgIpc) is 2.62. The first kappa shape index (κ1) is 15.5. The summed E-state index contributed by atoms with van der Waals surface area (Å²) in [6.07, 6.45) is 3.59. The quantitative estimate of drug-likeness (QED) is 0.770. The predicted octanol–water partition coefficient (Wildman–Crippen LogP) is 3.67. The highest BCUT2D eigenvalue weighted by atomic mass is 14.7. The molecule has 0 aliphatic rings. The van der Waals surface area contributed by atoms with Crippen LogP contribution in [0.1, 0.15) is 11.4 Å². The van der Waals surface area contributed by atoms with Crippen molar-refractivity contribution in [3.63, 3.8) is 0 Å². The van der Waals surface area contributed by atoms with Gasteiger partial charge in [-0.15, -0.1) is 0 Å². The molecule has 2 heterocycles. The SMILES string of the molecule is C=C(N)c1ccc(-c2ccc(-c3ccc(C(=C)N)nc3)cc2)cn1. The highest BCUT2D eigenvalue weighted by Gasteiger charge is 2.03. The minimum atomic E-state index is 0.466. The zero-order chi connectivity index (χ0) is 17.1. The van der Waals surface area contributed by atoms with Gasteiger partial charge in [-0.25, -0.2) is 0 Å². The molecule has 0 spiro atoms. The molecule has 118 valence electrons. The number of rotatable bonds is 4. The molecule has 0 amide bonds. The molecule has 0 unspecified atom stereocenters. The Morgan fingerprint density at radius 2 is 0.917 bits per heavy atom. The van der Waals surface area contributed by atoms with Crippen LogP contribution in [0.4, 0.5) is 0 Å². The van der Waals surface area contributed by atoms with Crippen LogP contribution in [0.15, 0.2) is 74.1 Å². The third-order valence-electron chi connectivity index (χ3n) is 3.74. The van der Waals surface area contributed by atoms with E-state index in [9.17, 15) is 0 Å². The summed E-state index contributed by atoms with van der Waals surface area (Å²) in [7, 11) is 0. The first-order chi connectivity index (χ1) is 11.5. The summed E-state index contributed by atoms with van der Waals surface area (Å²) in [4.78, 5) is 8.61. The van der Waals surface area contributed by atoms with Gasteiger partial charge in [-0.05, 0) is 23.3 Å². The molecule has 24 heavy (non-hydrogen) atoms. The van der Waals surface area contributed by atoms with Crippen molar-refractivity contribution in [2.45, 2.75) is 0 Å². The van der Waals surface area contributed by atoms with Gasteiger partial charge in [0.1, 0.15) is 0 Å². The summed E-state index contributed by atoms with van der Waals surface area (Å²) < 4.78 is 0. The Kier molecular flexibility index (Phi) is 4.12. The van der Waals surface area contributed by atoms with E-state index in [1.54, 1.807) is 12.4 Å². The Morgan fingerprint density at radius 3 is 1.17 bits per heavy atom. The van der Waals surface area contributed by atoms with Crippen molar-refractivity contribution in [1.82, 2.24) is 9.97 Å². The van der Waals surface area contributed by atoms with Crippen LogP contribution in [0, 0.1) is 0 Å². The topological polar surface area (TPSA) is 77.8 Å². The monoisotopic (exact) mass is 314 g/mol. The molecule has 0 aliphatic carbocycles. The Labute approximate surface area is 141 Å². The molecule has 0 saturated heterocycles. The molecular formula is C20H18N4. The van der Waals surface area contributed by atoms with Gasteiger partial charge in [0.2, 0.25) is 0 Å². The zero-order valence-corrected chi connectivity index (χ0v) is 13.2. The Hall–Kier alpha value is -3.40. The summed E-state index contributed by atoms with van der Waals surface area (Å²) in [5, 5.41) is 0. The van der Waals surface area contributed by atoms with Gasteiger partial charge in [0.05, 0.1) is 22.8 Å². The maximum Gasteiger partial charge on any atom is 0.0853 e. The highest BCUT2D eigenvalue weighted by molar-refractivity contribution is 5.71. The standard InChI is InChI=1S/C20H18N4/c1-13(21)19-9-7-17(11-23-19)15-3-5-16(6-4-15)18-8-10-20(14(2)22)24-12-18/h3-12H,1-2,21-22H2. The average molecular weight is 314 g/mol. The molecule has 0 aliphatic heterocycles. The van der Waals surface area contributed by atoms with Crippen molar-refractivity contribution in [3.8, 4) is 22.3 Å². The van der Waals surface area contributed by atoms with Gasteiger partial charge in [-0.2, -0.15) is 0 Å². The number of nitrogens with two attached hydrogens (primary N) is 2. The van der Waals surface area contributed by atoms with E-state index in [0.717, 1.165) is 22.3 Å². The molecule has 4 heteroatoms. The lowest BCUT2D eigenvalue weighted by atomic mass is 10.0. The molecular weight excluding hydrogens is 296 g/mol. The third kappa shape index (κ3) is 3.17. The van der Waals surface area contributed by atoms with Crippen LogP contribution in [0.25, 0.3) is 33.6 Å². The lowest BCUT2D eigenvalue weighted by Crippen LogP contribution is -1.97. The van der Waals surface area contributed by atoms with Crippen LogP contribution in [-0.4, -0.2) is 9.97 Å². The minimum Gasteiger partial charge on any atom is -0.397 e. The van der Waals surface area contributed by atoms with Gasteiger partial charge >= 0.3 is 0 Å². The Morgan fingerprint density at radius 1 is 0.583 bits per heavy atom. The van der Waals surface area contributed by atoms with Crippen LogP contribution >= 0.6 is 0 Å². The second-order valence-corrected chi connectivity index (χ2v) is 5.49. The van der Waals surface area contributed by atoms with Crippen LogP contribution in [0.2, 0.25) is 0 Å². The molecule has 0 saturated carbocycles. The van der Waals surface area contributed by atoms with Gasteiger partial charge in [-0.1, -0.05) is 49.6 Å².